The van der Waals surface area contributed by atoms with E-state index in [4.69, 9.17) is 0 Å². The quantitative estimate of drug-likeness (QED) is 0.834. The van der Waals surface area contributed by atoms with Gasteiger partial charge < -0.3 is 5.11 Å². The third-order valence-electron chi connectivity index (χ3n) is 2.02. The number of aromatic hydroxyl groups is 1. The number of phenolic OH excluding ortho intramolecular Hbond substituents is 1. The fourth-order valence-electron chi connectivity index (χ4n) is 1.23. The Bertz CT molecular complexity index is 684. The Balaban J connectivity index is 2.36. The van der Waals surface area contributed by atoms with Gasteiger partial charge >= 0.3 is 0 Å². The van der Waals surface area contributed by atoms with Gasteiger partial charge in [-0.3, -0.25) is 4.72 Å². The third-order valence-corrected chi connectivity index (χ3v) is 5.50. The summed E-state index contributed by atoms with van der Waals surface area (Å²) in [5.41, 5.74) is -0.195. The van der Waals surface area contributed by atoms with E-state index in [-0.39, 0.29) is 15.6 Å². The lowest BCUT2D eigenvalue weighted by atomic mass is 10.3. The summed E-state index contributed by atoms with van der Waals surface area (Å²) < 4.78 is 39.7. The number of halogens is 2. The van der Waals surface area contributed by atoms with Gasteiger partial charge in [0.2, 0.25) is 0 Å². The summed E-state index contributed by atoms with van der Waals surface area (Å²) in [5.74, 6) is -0.978. The molecule has 2 aromatic rings. The van der Waals surface area contributed by atoms with Crippen molar-refractivity contribution in [3.05, 3.63) is 39.9 Å². The largest absolute Gasteiger partial charge is 0.506 e. The molecule has 0 unspecified atom stereocenters. The molecule has 0 saturated heterocycles. The molecule has 8 heteroatoms. The van der Waals surface area contributed by atoms with Crippen molar-refractivity contribution in [3.8, 4) is 5.75 Å². The fourth-order valence-corrected chi connectivity index (χ4v) is 4.30. The van der Waals surface area contributed by atoms with Crippen molar-refractivity contribution in [2.45, 2.75) is 4.21 Å². The molecular weight excluding hydrogens is 345 g/mol. The zero-order valence-corrected chi connectivity index (χ0v) is 11.9. The van der Waals surface area contributed by atoms with Gasteiger partial charge in [-0.2, -0.15) is 0 Å². The highest BCUT2D eigenvalue weighted by molar-refractivity contribution is 9.11. The van der Waals surface area contributed by atoms with Gasteiger partial charge in [0.05, 0.1) is 9.47 Å². The fraction of sp³-hybridized carbons (Fsp3) is 0. The van der Waals surface area contributed by atoms with Crippen LogP contribution in [-0.4, -0.2) is 13.5 Å². The first-order valence-corrected chi connectivity index (χ1v) is 7.74. The maximum Gasteiger partial charge on any atom is 0.271 e. The van der Waals surface area contributed by atoms with E-state index in [1.165, 1.54) is 6.07 Å². The predicted molar refractivity (Wildman–Crippen MR) is 70.9 cm³/mol. The molecule has 0 amide bonds. The van der Waals surface area contributed by atoms with Crippen LogP contribution in [0.2, 0.25) is 0 Å². The number of hydrogen-bond donors (Lipinski definition) is 2. The van der Waals surface area contributed by atoms with Crippen molar-refractivity contribution in [1.82, 2.24) is 0 Å². The summed E-state index contributed by atoms with van der Waals surface area (Å²) in [4.78, 5) is 0. The minimum Gasteiger partial charge on any atom is -0.506 e. The summed E-state index contributed by atoms with van der Waals surface area (Å²) >= 11 is 4.17. The number of rotatable bonds is 3. The zero-order valence-electron chi connectivity index (χ0n) is 8.72. The van der Waals surface area contributed by atoms with E-state index in [2.05, 4.69) is 20.7 Å². The van der Waals surface area contributed by atoms with Crippen LogP contribution >= 0.6 is 27.3 Å². The number of hydrogen-bond acceptors (Lipinski definition) is 4. The molecule has 1 aromatic carbocycles. The van der Waals surface area contributed by atoms with Gasteiger partial charge in [0.15, 0.2) is 0 Å². The molecule has 4 nitrogen and oxygen atoms in total. The topological polar surface area (TPSA) is 66.4 Å². The number of thiophene rings is 1. The van der Waals surface area contributed by atoms with Gasteiger partial charge in [0, 0.05) is 6.07 Å². The summed E-state index contributed by atoms with van der Waals surface area (Å²) in [6, 6.07) is 6.03. The molecular formula is C10H7BrFNO3S2. The first kappa shape index (κ1) is 13.3. The van der Waals surface area contributed by atoms with Gasteiger partial charge in [-0.05, 0) is 40.2 Å². The second-order valence-electron chi connectivity index (χ2n) is 3.33. The normalized spacial score (nSPS) is 11.4. The van der Waals surface area contributed by atoms with Crippen LogP contribution in [0.15, 0.2) is 38.3 Å². The molecule has 1 heterocycles. The monoisotopic (exact) mass is 351 g/mol. The summed E-state index contributed by atoms with van der Waals surface area (Å²) in [6.45, 7) is 0. The highest BCUT2D eigenvalue weighted by Crippen LogP contribution is 2.30. The third kappa shape index (κ3) is 2.82. The van der Waals surface area contributed by atoms with E-state index < -0.39 is 15.8 Å². The van der Waals surface area contributed by atoms with Crippen molar-refractivity contribution in [3.63, 3.8) is 0 Å². The Labute approximate surface area is 115 Å². The first-order chi connectivity index (χ1) is 8.38. The highest BCUT2D eigenvalue weighted by Gasteiger charge is 2.18. The summed E-state index contributed by atoms with van der Waals surface area (Å²) in [6.07, 6.45) is 0. The number of phenols is 1. The maximum absolute atomic E-state index is 13.0. The van der Waals surface area contributed by atoms with Gasteiger partial charge in [-0.1, -0.05) is 0 Å². The number of benzene rings is 1. The molecule has 0 spiro atoms. The molecule has 0 aliphatic rings. The van der Waals surface area contributed by atoms with E-state index in [1.807, 2.05) is 0 Å². The van der Waals surface area contributed by atoms with Gasteiger partial charge in [-0.15, -0.1) is 11.3 Å². The van der Waals surface area contributed by atoms with Crippen LogP contribution in [0.5, 0.6) is 5.75 Å². The van der Waals surface area contributed by atoms with Crippen LogP contribution in [0, 0.1) is 5.82 Å². The smallest absolute Gasteiger partial charge is 0.271 e. The zero-order chi connectivity index (χ0) is 13.3. The summed E-state index contributed by atoms with van der Waals surface area (Å²) in [7, 11) is -3.82. The lowest BCUT2D eigenvalue weighted by Gasteiger charge is -2.07. The van der Waals surface area contributed by atoms with Crippen molar-refractivity contribution in [1.29, 1.82) is 0 Å². The van der Waals surface area contributed by atoms with E-state index in [9.17, 15) is 17.9 Å². The van der Waals surface area contributed by atoms with E-state index in [1.54, 1.807) is 6.07 Å². The van der Waals surface area contributed by atoms with Crippen molar-refractivity contribution < 1.29 is 17.9 Å². The molecule has 18 heavy (non-hydrogen) atoms. The Hall–Kier alpha value is -1.12. The maximum atomic E-state index is 13.0. The first-order valence-electron chi connectivity index (χ1n) is 4.65. The molecule has 1 aromatic heterocycles. The SMILES string of the molecule is O=S(=O)(Nc1cc(F)ccc1O)c1ccc(Br)s1. The van der Waals surface area contributed by atoms with Crippen LogP contribution < -0.4 is 4.72 Å². The Morgan fingerprint density at radius 1 is 1.28 bits per heavy atom. The minimum atomic E-state index is -3.82. The van der Waals surface area contributed by atoms with Crippen molar-refractivity contribution >= 4 is 43.0 Å². The molecule has 0 radical (unpaired) electrons. The molecule has 0 aliphatic carbocycles. The molecule has 0 aliphatic heterocycles. The van der Waals surface area contributed by atoms with Crippen LogP contribution in [-0.2, 0) is 10.0 Å². The lowest BCUT2D eigenvalue weighted by molar-refractivity contribution is 0.475. The molecule has 0 saturated carbocycles. The Morgan fingerprint density at radius 3 is 2.61 bits per heavy atom. The molecule has 96 valence electrons. The van der Waals surface area contributed by atoms with Crippen LogP contribution in [0.3, 0.4) is 0 Å². The van der Waals surface area contributed by atoms with Gasteiger partial charge in [0.25, 0.3) is 10.0 Å². The van der Waals surface area contributed by atoms with Crippen LogP contribution in [0.4, 0.5) is 10.1 Å². The van der Waals surface area contributed by atoms with Crippen molar-refractivity contribution in [2.75, 3.05) is 4.72 Å². The number of sulfonamides is 1. The Morgan fingerprint density at radius 2 is 2.00 bits per heavy atom. The standard InChI is InChI=1S/C10H7BrFNO3S2/c11-9-3-4-10(17-9)18(15,16)13-7-5-6(12)1-2-8(7)14/h1-5,13-14H. The predicted octanol–water partition coefficient (Wildman–Crippen LogP) is 3.16. The minimum absolute atomic E-state index is 0.0676. The van der Waals surface area contributed by atoms with E-state index in [0.29, 0.717) is 3.79 Å². The molecule has 0 fully saturated rings. The van der Waals surface area contributed by atoms with Gasteiger partial charge in [0.1, 0.15) is 15.8 Å². The number of nitrogens with one attached hydrogen (secondary N) is 1. The second kappa shape index (κ2) is 4.87. The Kier molecular flexibility index (Phi) is 3.60. The highest BCUT2D eigenvalue weighted by atomic mass is 79.9. The van der Waals surface area contributed by atoms with Crippen LogP contribution in [0.1, 0.15) is 0 Å². The lowest BCUT2D eigenvalue weighted by Crippen LogP contribution is -2.11. The van der Waals surface area contributed by atoms with Gasteiger partial charge in [-0.25, -0.2) is 12.8 Å². The number of anilines is 1. The van der Waals surface area contributed by atoms with E-state index >= 15 is 0 Å². The molecule has 0 atom stereocenters. The molecule has 2 N–H and O–H groups in total. The van der Waals surface area contributed by atoms with Crippen LogP contribution in [0.25, 0.3) is 0 Å². The van der Waals surface area contributed by atoms with E-state index in [0.717, 1.165) is 29.5 Å². The second-order valence-corrected chi connectivity index (χ2v) is 7.70. The summed E-state index contributed by atoms with van der Waals surface area (Å²) in [5, 5.41) is 9.45. The van der Waals surface area contributed by atoms with Crippen molar-refractivity contribution in [2.24, 2.45) is 0 Å². The molecule has 2 rings (SSSR count). The molecule has 0 bridgehead atoms. The average Bonchev–Trinajstić information content (AvgIpc) is 2.71. The average molecular weight is 352 g/mol.